The van der Waals surface area contributed by atoms with Gasteiger partial charge in [-0.1, -0.05) is 243 Å². The highest BCUT2D eigenvalue weighted by Crippen LogP contribution is 2.47. The number of rotatable bonds is 10. The molecule has 0 spiro atoms. The Kier molecular flexibility index (Phi) is 12.9. The van der Waals surface area contributed by atoms with Gasteiger partial charge in [0.1, 0.15) is 34.3 Å². The SMILES string of the molecule is c1ccc(C2=NC(c3ccc(-c4ccc5ccccc5c4)c4oc5ccccc5c34)NC(c3cccc4c3sc3cccc(-c5cccc(-c6ccc(-c7ccc(-c8nc(-c9ccccc9)nc(-c9ccc%10c(c9)sc9ccccc9%10)n8)c8c7oc7ccccc78)cc6)c5)c34)=N2)cc1. The van der Waals surface area contributed by atoms with E-state index in [1.807, 2.05) is 54.6 Å². The maximum Gasteiger partial charge on any atom is 0.164 e. The van der Waals surface area contributed by atoms with Gasteiger partial charge in [-0.3, -0.25) is 0 Å². The lowest BCUT2D eigenvalue weighted by atomic mass is 9.94. The van der Waals surface area contributed by atoms with Crippen molar-refractivity contribution in [2.24, 2.45) is 9.98 Å². The Morgan fingerprint density at radius 3 is 1.69 bits per heavy atom. The molecular formula is C88H52N6O2S2. The van der Waals surface area contributed by atoms with Crippen molar-refractivity contribution >= 4 is 129 Å². The van der Waals surface area contributed by atoms with Gasteiger partial charge in [0.25, 0.3) is 0 Å². The number of aromatic nitrogens is 3. The third-order valence-electron chi connectivity index (χ3n) is 19.2. The van der Waals surface area contributed by atoms with Gasteiger partial charge < -0.3 is 14.2 Å². The normalized spacial score (nSPS) is 13.4. The first-order chi connectivity index (χ1) is 48.5. The lowest BCUT2D eigenvalue weighted by Crippen LogP contribution is -2.33. The van der Waals surface area contributed by atoms with Crippen molar-refractivity contribution in [1.29, 1.82) is 0 Å². The van der Waals surface area contributed by atoms with Crippen LogP contribution >= 0.6 is 22.7 Å². The first-order valence-corrected chi connectivity index (χ1v) is 34.4. The van der Waals surface area contributed by atoms with E-state index in [2.05, 4.69) is 254 Å². The molecule has 19 aromatic rings. The highest BCUT2D eigenvalue weighted by molar-refractivity contribution is 7.26. The van der Waals surface area contributed by atoms with E-state index < -0.39 is 6.17 Å². The van der Waals surface area contributed by atoms with E-state index in [1.165, 1.54) is 52.0 Å². The van der Waals surface area contributed by atoms with E-state index in [1.54, 1.807) is 22.7 Å². The van der Waals surface area contributed by atoms with Crippen LogP contribution in [0.2, 0.25) is 0 Å². The molecule has 20 rings (SSSR count). The van der Waals surface area contributed by atoms with Crippen LogP contribution in [0, 0.1) is 0 Å². The molecule has 0 radical (unpaired) electrons. The summed E-state index contributed by atoms with van der Waals surface area (Å²) < 4.78 is 18.5. The largest absolute Gasteiger partial charge is 0.455 e. The summed E-state index contributed by atoms with van der Waals surface area (Å²) in [5, 5.41) is 15.1. The number of aliphatic imine (C=N–C) groups is 2. The number of thiophene rings is 2. The summed E-state index contributed by atoms with van der Waals surface area (Å²) in [7, 11) is 0. The third kappa shape index (κ3) is 9.29. The highest BCUT2D eigenvalue weighted by atomic mass is 32.1. The molecule has 0 amide bonds. The molecular weight excluding hydrogens is 1240 g/mol. The van der Waals surface area contributed by atoms with Crippen molar-refractivity contribution in [2.45, 2.75) is 6.17 Å². The molecule has 5 aromatic heterocycles. The third-order valence-corrected chi connectivity index (χ3v) is 21.6. The van der Waals surface area contributed by atoms with Crippen molar-refractivity contribution < 1.29 is 8.83 Å². The van der Waals surface area contributed by atoms with Gasteiger partial charge in [0, 0.05) is 106 Å². The van der Waals surface area contributed by atoms with E-state index in [4.69, 9.17) is 33.8 Å². The van der Waals surface area contributed by atoms with Crippen molar-refractivity contribution in [1.82, 2.24) is 20.3 Å². The van der Waals surface area contributed by atoms with Crippen LogP contribution in [0.5, 0.6) is 0 Å². The zero-order valence-electron chi connectivity index (χ0n) is 52.3. The van der Waals surface area contributed by atoms with Crippen LogP contribution < -0.4 is 5.32 Å². The summed E-state index contributed by atoms with van der Waals surface area (Å²) in [5.74, 6) is 3.22. The van der Waals surface area contributed by atoms with Crippen LogP contribution in [-0.2, 0) is 0 Å². The van der Waals surface area contributed by atoms with Gasteiger partial charge in [-0.05, 0) is 105 Å². The standard InChI is InChI=1S/C88H52N6O2S2/c1-3-19-54(20-4-1)83-89-85(60-42-43-65-64-26-11-14-34-74(64)97-76(65)50-60)93-86(90-83)69-46-44-62(80-78(69)66-27-9-12-32-72(66)95-80)53-39-36-52(37-40-53)57-24-15-25-58(48-57)61-29-17-35-75-77(61)68-30-16-31-71(82(68)98-75)88-92-84(55-21-5-2-6-22-55)91-87(94-88)70-47-45-63(59-41-38-51-18-7-8-23-56(51)49-59)81-79(70)67-28-10-13-33-73(67)96-81/h1-50,87H,(H,91,92,94). The first-order valence-electron chi connectivity index (χ1n) is 32.8. The summed E-state index contributed by atoms with van der Waals surface area (Å²) in [6.45, 7) is 0. The summed E-state index contributed by atoms with van der Waals surface area (Å²) in [6, 6.07) is 107. The second-order valence-electron chi connectivity index (χ2n) is 25.0. The minimum atomic E-state index is -0.493. The van der Waals surface area contributed by atoms with E-state index in [0.29, 0.717) is 23.3 Å². The Morgan fingerprint density at radius 1 is 0.306 bits per heavy atom. The van der Waals surface area contributed by atoms with Crippen LogP contribution in [0.4, 0.5) is 0 Å². The van der Waals surface area contributed by atoms with Crippen LogP contribution in [0.3, 0.4) is 0 Å². The predicted molar refractivity (Wildman–Crippen MR) is 408 cm³/mol. The zero-order chi connectivity index (χ0) is 64.4. The van der Waals surface area contributed by atoms with Gasteiger partial charge in [0.2, 0.25) is 0 Å². The van der Waals surface area contributed by atoms with Gasteiger partial charge in [0.05, 0.1) is 0 Å². The molecule has 1 N–H and O–H groups in total. The molecule has 0 saturated carbocycles. The number of benzene rings is 14. The number of furan rings is 2. The Morgan fingerprint density at radius 2 is 0.867 bits per heavy atom. The summed E-state index contributed by atoms with van der Waals surface area (Å²) in [6.07, 6.45) is -0.493. The quantitative estimate of drug-likeness (QED) is 0.146. The van der Waals surface area contributed by atoms with Crippen LogP contribution in [0.15, 0.2) is 322 Å². The monoisotopic (exact) mass is 1290 g/mol. The smallest absolute Gasteiger partial charge is 0.164 e. The van der Waals surface area contributed by atoms with Crippen molar-refractivity contribution in [3.63, 3.8) is 0 Å². The fourth-order valence-corrected chi connectivity index (χ4v) is 16.9. The minimum Gasteiger partial charge on any atom is -0.455 e. The lowest BCUT2D eigenvalue weighted by Gasteiger charge is -2.25. The molecule has 14 aromatic carbocycles. The van der Waals surface area contributed by atoms with Crippen molar-refractivity contribution in [3.8, 4) is 78.7 Å². The van der Waals surface area contributed by atoms with Crippen LogP contribution in [-0.4, -0.2) is 26.6 Å². The van der Waals surface area contributed by atoms with Crippen LogP contribution in [0.1, 0.15) is 22.9 Å². The van der Waals surface area contributed by atoms with Crippen molar-refractivity contribution in [3.05, 3.63) is 320 Å². The molecule has 0 aliphatic carbocycles. The average molecular weight is 1290 g/mol. The number of hydrogen-bond donors (Lipinski definition) is 1. The molecule has 1 atom stereocenters. The fourth-order valence-electron chi connectivity index (χ4n) is 14.6. The number of fused-ring (bicyclic) bond motifs is 13. The Labute approximate surface area is 569 Å². The van der Waals surface area contributed by atoms with E-state index in [9.17, 15) is 0 Å². The van der Waals surface area contributed by atoms with Gasteiger partial charge >= 0.3 is 0 Å². The number of nitrogens with zero attached hydrogens (tertiary/aromatic N) is 5. The molecule has 98 heavy (non-hydrogen) atoms. The zero-order valence-corrected chi connectivity index (χ0v) is 53.9. The van der Waals surface area contributed by atoms with Gasteiger partial charge in [-0.2, -0.15) is 0 Å². The molecule has 0 bridgehead atoms. The Balaban J connectivity index is 0.649. The number of para-hydroxylation sites is 2. The number of nitrogens with one attached hydrogen (secondary N) is 1. The fraction of sp³-hybridized carbons (Fsp3) is 0.0114. The molecule has 10 heteroatoms. The maximum absolute atomic E-state index is 6.90. The van der Waals surface area contributed by atoms with E-state index >= 15 is 0 Å². The van der Waals surface area contributed by atoms with Crippen LogP contribution in [0.25, 0.3) is 174 Å². The molecule has 8 nitrogen and oxygen atoms in total. The average Bonchev–Trinajstić information content (AvgIpc) is 1.55. The van der Waals surface area contributed by atoms with Gasteiger partial charge in [0.15, 0.2) is 23.3 Å². The number of amidine groups is 2. The second kappa shape index (κ2) is 22.6. The summed E-state index contributed by atoms with van der Waals surface area (Å²) >= 11 is 3.59. The molecule has 1 unspecified atom stereocenters. The summed E-state index contributed by atoms with van der Waals surface area (Å²) in [4.78, 5) is 26.5. The number of hydrogen-bond acceptors (Lipinski definition) is 10. The highest BCUT2D eigenvalue weighted by Gasteiger charge is 2.29. The van der Waals surface area contributed by atoms with E-state index in [0.717, 1.165) is 127 Å². The van der Waals surface area contributed by atoms with E-state index in [-0.39, 0.29) is 0 Å². The predicted octanol–water partition coefficient (Wildman–Crippen LogP) is 23.7. The second-order valence-corrected chi connectivity index (χ2v) is 27.1. The molecule has 6 heterocycles. The van der Waals surface area contributed by atoms with Gasteiger partial charge in [-0.25, -0.2) is 24.9 Å². The molecule has 1 aliphatic rings. The minimum absolute atomic E-state index is 0.493. The van der Waals surface area contributed by atoms with Crippen molar-refractivity contribution in [2.75, 3.05) is 0 Å². The lowest BCUT2D eigenvalue weighted by molar-refractivity contribution is 0.663. The maximum atomic E-state index is 6.90. The topological polar surface area (TPSA) is 102 Å². The summed E-state index contributed by atoms with van der Waals surface area (Å²) in [5.41, 5.74) is 17.6. The first kappa shape index (κ1) is 55.9. The molecule has 0 saturated heterocycles. The molecule has 1 aliphatic heterocycles. The van der Waals surface area contributed by atoms with Gasteiger partial charge in [-0.15, -0.1) is 22.7 Å². The Bertz CT molecular complexity index is 6540. The molecule has 0 fully saturated rings. The Hall–Kier alpha value is -12.5. The molecule has 458 valence electrons.